The first kappa shape index (κ1) is 18.0. The van der Waals surface area contributed by atoms with Crippen LogP contribution in [0.5, 0.6) is 0 Å². The number of likely N-dealkylation sites (N-methyl/N-ethyl adjacent to an activating group) is 1. The monoisotopic (exact) mass is 307 g/mol. The van der Waals surface area contributed by atoms with Gasteiger partial charge in [0.2, 0.25) is 6.41 Å². The molecule has 0 unspecified atom stereocenters. The summed E-state index contributed by atoms with van der Waals surface area (Å²) in [5, 5.41) is 14.7. The number of carbonyl (C=O) groups excluding carboxylic acids is 2. The van der Waals surface area contributed by atoms with Crippen molar-refractivity contribution >= 4 is 12.3 Å². The van der Waals surface area contributed by atoms with E-state index < -0.39 is 0 Å². The Morgan fingerprint density at radius 2 is 2.00 bits per heavy atom. The maximum absolute atomic E-state index is 12.3. The molecule has 1 fully saturated rings. The average molecular weight is 307 g/mol. The predicted octanol–water partition coefficient (Wildman–Crippen LogP) is -0.328. The van der Waals surface area contributed by atoms with E-state index in [1.54, 1.807) is 11.9 Å². The minimum absolute atomic E-state index is 0.116. The lowest BCUT2D eigenvalue weighted by molar-refractivity contribution is -0.128. The summed E-state index contributed by atoms with van der Waals surface area (Å²) in [5.74, 6) is -0.240. The number of nitrogens with zero attached hydrogens (tertiary/aromatic N) is 3. The Labute approximate surface area is 131 Å². The van der Waals surface area contributed by atoms with Gasteiger partial charge in [-0.15, -0.1) is 0 Å². The topological polar surface area (TPSA) is 88.5 Å². The number of nitriles is 1. The van der Waals surface area contributed by atoms with E-state index in [1.807, 2.05) is 6.07 Å². The van der Waals surface area contributed by atoms with Gasteiger partial charge >= 0.3 is 0 Å². The molecule has 7 heteroatoms. The number of carbonyl (C=O) groups is 2. The van der Waals surface area contributed by atoms with Crippen molar-refractivity contribution in [3.05, 3.63) is 11.8 Å². The van der Waals surface area contributed by atoms with Crippen molar-refractivity contribution in [1.29, 1.82) is 5.26 Å². The van der Waals surface area contributed by atoms with Gasteiger partial charge in [-0.1, -0.05) is 0 Å². The summed E-state index contributed by atoms with van der Waals surface area (Å²) in [5.41, 5.74) is 0.116. The molecule has 122 valence electrons. The van der Waals surface area contributed by atoms with Gasteiger partial charge in [0, 0.05) is 32.4 Å². The molecule has 0 atom stereocenters. The molecule has 22 heavy (non-hydrogen) atoms. The van der Waals surface area contributed by atoms with Gasteiger partial charge in [-0.05, 0) is 39.4 Å². The minimum Gasteiger partial charge on any atom is -0.390 e. The highest BCUT2D eigenvalue weighted by molar-refractivity contribution is 5.97. The summed E-state index contributed by atoms with van der Waals surface area (Å²) in [6.45, 7) is 3.10. The molecule has 0 aromatic heterocycles. The van der Waals surface area contributed by atoms with Gasteiger partial charge in [-0.2, -0.15) is 5.26 Å². The van der Waals surface area contributed by atoms with E-state index in [2.05, 4.69) is 22.6 Å². The predicted molar refractivity (Wildman–Crippen MR) is 83.7 cm³/mol. The number of hydrogen-bond acceptors (Lipinski definition) is 5. The van der Waals surface area contributed by atoms with Crippen LogP contribution in [-0.2, 0) is 9.59 Å². The Bertz CT molecular complexity index is 436. The number of nitrogens with one attached hydrogen (secondary N) is 2. The maximum Gasteiger partial charge on any atom is 0.265 e. The van der Waals surface area contributed by atoms with Gasteiger partial charge in [0.15, 0.2) is 0 Å². The number of piperidine rings is 1. The van der Waals surface area contributed by atoms with Gasteiger partial charge in [0.1, 0.15) is 11.6 Å². The van der Waals surface area contributed by atoms with Crippen molar-refractivity contribution in [2.75, 3.05) is 40.3 Å². The lowest BCUT2D eigenvalue weighted by atomic mass is 10.0. The smallest absolute Gasteiger partial charge is 0.265 e. The molecular weight excluding hydrogens is 282 g/mol. The largest absolute Gasteiger partial charge is 0.390 e. The Morgan fingerprint density at radius 1 is 1.36 bits per heavy atom. The Balaban J connectivity index is 2.45. The van der Waals surface area contributed by atoms with Crippen LogP contribution in [-0.4, -0.2) is 68.4 Å². The first-order valence-electron chi connectivity index (χ1n) is 7.56. The Hall–Kier alpha value is -2.07. The third kappa shape index (κ3) is 5.74. The van der Waals surface area contributed by atoms with Crippen molar-refractivity contribution < 1.29 is 9.59 Å². The van der Waals surface area contributed by atoms with Crippen LogP contribution < -0.4 is 10.6 Å². The molecule has 1 heterocycles. The fourth-order valence-corrected chi connectivity index (χ4v) is 2.41. The summed E-state index contributed by atoms with van der Waals surface area (Å²) in [6, 6.07) is 2.15. The molecule has 1 rings (SSSR count). The Kier molecular flexibility index (Phi) is 8.00. The van der Waals surface area contributed by atoms with E-state index in [1.165, 1.54) is 6.20 Å². The van der Waals surface area contributed by atoms with Crippen LogP contribution in [0.25, 0.3) is 0 Å². The molecule has 0 bridgehead atoms. The molecule has 7 nitrogen and oxygen atoms in total. The van der Waals surface area contributed by atoms with Gasteiger partial charge < -0.3 is 20.4 Å². The normalized spacial score (nSPS) is 16.7. The first-order chi connectivity index (χ1) is 10.6. The second kappa shape index (κ2) is 9.79. The van der Waals surface area contributed by atoms with Crippen molar-refractivity contribution in [2.24, 2.45) is 0 Å². The van der Waals surface area contributed by atoms with Gasteiger partial charge in [-0.25, -0.2) is 0 Å². The van der Waals surface area contributed by atoms with Crippen LogP contribution in [0.1, 0.15) is 19.3 Å². The molecule has 2 amide bonds. The van der Waals surface area contributed by atoms with Gasteiger partial charge in [0.25, 0.3) is 5.91 Å². The summed E-state index contributed by atoms with van der Waals surface area (Å²) in [7, 11) is 3.83. The van der Waals surface area contributed by atoms with Crippen LogP contribution in [0.4, 0.5) is 0 Å². The van der Waals surface area contributed by atoms with Crippen LogP contribution >= 0.6 is 0 Å². The molecule has 1 aliphatic rings. The van der Waals surface area contributed by atoms with Crippen molar-refractivity contribution in [1.82, 2.24) is 20.4 Å². The van der Waals surface area contributed by atoms with Crippen molar-refractivity contribution in [3.63, 3.8) is 0 Å². The van der Waals surface area contributed by atoms with Gasteiger partial charge in [-0.3, -0.25) is 9.59 Å². The van der Waals surface area contributed by atoms with E-state index in [-0.39, 0.29) is 17.5 Å². The molecule has 0 spiro atoms. The molecular formula is C15H25N5O2. The highest BCUT2D eigenvalue weighted by atomic mass is 16.2. The highest BCUT2D eigenvalue weighted by Gasteiger charge is 2.25. The molecule has 0 radical (unpaired) electrons. The van der Waals surface area contributed by atoms with E-state index in [0.717, 1.165) is 32.4 Å². The first-order valence-corrected chi connectivity index (χ1v) is 7.56. The minimum atomic E-state index is -0.240. The van der Waals surface area contributed by atoms with Crippen LogP contribution in [0.2, 0.25) is 0 Å². The van der Waals surface area contributed by atoms with E-state index in [0.29, 0.717) is 19.5 Å². The molecule has 2 N–H and O–H groups in total. The van der Waals surface area contributed by atoms with Gasteiger partial charge in [0.05, 0.1) is 0 Å². The summed E-state index contributed by atoms with van der Waals surface area (Å²) < 4.78 is 0. The van der Waals surface area contributed by atoms with E-state index in [4.69, 9.17) is 5.26 Å². The molecule has 0 aromatic carbocycles. The highest BCUT2D eigenvalue weighted by Crippen LogP contribution is 2.15. The van der Waals surface area contributed by atoms with Crippen LogP contribution in [0.3, 0.4) is 0 Å². The maximum atomic E-state index is 12.3. The Morgan fingerprint density at radius 3 is 2.59 bits per heavy atom. The zero-order valence-corrected chi connectivity index (χ0v) is 13.3. The van der Waals surface area contributed by atoms with E-state index >= 15 is 0 Å². The zero-order valence-electron chi connectivity index (χ0n) is 13.3. The summed E-state index contributed by atoms with van der Waals surface area (Å²) in [4.78, 5) is 26.4. The zero-order chi connectivity index (χ0) is 16.4. The second-order valence-corrected chi connectivity index (χ2v) is 5.50. The van der Waals surface area contributed by atoms with Crippen LogP contribution in [0, 0.1) is 11.3 Å². The number of hydrogen-bond donors (Lipinski definition) is 2. The SMILES string of the molecule is CN1CCC(N(C)C(=O)/C(C#N)=C\NCCCNC=O)CC1. The lowest BCUT2D eigenvalue weighted by Gasteiger charge is -2.34. The quantitative estimate of drug-likeness (QED) is 0.277. The molecule has 1 aliphatic heterocycles. The fraction of sp³-hybridized carbons (Fsp3) is 0.667. The molecule has 0 saturated carbocycles. The summed E-state index contributed by atoms with van der Waals surface area (Å²) >= 11 is 0. The fourth-order valence-electron chi connectivity index (χ4n) is 2.41. The van der Waals surface area contributed by atoms with Crippen LogP contribution in [0.15, 0.2) is 11.8 Å². The number of amides is 2. The van der Waals surface area contributed by atoms with Crippen molar-refractivity contribution in [2.45, 2.75) is 25.3 Å². The average Bonchev–Trinajstić information content (AvgIpc) is 2.54. The second-order valence-electron chi connectivity index (χ2n) is 5.50. The lowest BCUT2D eigenvalue weighted by Crippen LogP contribution is -2.45. The third-order valence-corrected chi connectivity index (χ3v) is 3.88. The molecule has 0 aromatic rings. The number of rotatable bonds is 8. The summed E-state index contributed by atoms with van der Waals surface area (Å²) in [6.07, 6.45) is 4.71. The third-order valence-electron chi connectivity index (χ3n) is 3.88. The molecule has 0 aliphatic carbocycles. The van der Waals surface area contributed by atoms with Crippen molar-refractivity contribution in [3.8, 4) is 6.07 Å². The number of likely N-dealkylation sites (tertiary alicyclic amines) is 1. The van der Waals surface area contributed by atoms with E-state index in [9.17, 15) is 9.59 Å². The standard InChI is InChI=1S/C15H25N5O2/c1-19-8-4-14(5-9-19)20(2)15(22)13(10-16)11-17-6-3-7-18-12-21/h11-12,14,17H,3-9H2,1-2H3,(H,18,21)/b13-11-. The molecule has 1 saturated heterocycles.